The Kier molecular flexibility index (Phi) is 6.14. The van der Waals surface area contributed by atoms with Crippen LogP contribution in [0.15, 0.2) is 24.3 Å². The van der Waals surface area contributed by atoms with Crippen LogP contribution in [0, 0.1) is 0 Å². The van der Waals surface area contributed by atoms with E-state index in [2.05, 4.69) is 0 Å². The van der Waals surface area contributed by atoms with Gasteiger partial charge in [0, 0.05) is 31.7 Å². The zero-order chi connectivity index (χ0) is 13.3. The summed E-state index contributed by atoms with van der Waals surface area (Å²) >= 11 is 0. The molecule has 0 aliphatic carbocycles. The molecule has 0 unspecified atom stereocenters. The summed E-state index contributed by atoms with van der Waals surface area (Å²) in [6.07, 6.45) is 3.29. The zero-order valence-electron chi connectivity index (χ0n) is 11.3. The Morgan fingerprint density at radius 1 is 1.16 bits per heavy atom. The summed E-state index contributed by atoms with van der Waals surface area (Å²) in [4.78, 5) is 0. The normalized spacial score (nSPS) is 16.5. The average molecular weight is 265 g/mol. The molecule has 0 radical (unpaired) electrons. The van der Waals surface area contributed by atoms with Crippen molar-refractivity contribution in [2.75, 3.05) is 26.4 Å². The predicted octanol–water partition coefficient (Wildman–Crippen LogP) is 2.11. The molecule has 0 saturated carbocycles. The second-order valence-electron chi connectivity index (χ2n) is 4.70. The molecule has 0 bridgehead atoms. The van der Waals surface area contributed by atoms with Crippen molar-refractivity contribution >= 4 is 0 Å². The molecule has 1 saturated heterocycles. The second-order valence-corrected chi connectivity index (χ2v) is 4.70. The maximum Gasteiger partial charge on any atom is 0.123 e. The first-order valence-electron chi connectivity index (χ1n) is 7.00. The first-order valence-corrected chi connectivity index (χ1v) is 7.00. The number of ether oxygens (including phenoxy) is 3. The molecule has 1 aliphatic heterocycles. The smallest absolute Gasteiger partial charge is 0.123 e. The van der Waals surface area contributed by atoms with Crippen molar-refractivity contribution in [2.24, 2.45) is 5.73 Å². The van der Waals surface area contributed by atoms with Gasteiger partial charge in [0.15, 0.2) is 0 Å². The second kappa shape index (κ2) is 8.15. The molecule has 1 aliphatic rings. The standard InChI is InChI=1S/C15H23NO3/c16-12-13-4-1-2-5-15(13)19-9-3-8-18-14-6-10-17-11-7-14/h1-2,4-5,14H,3,6-12,16H2. The topological polar surface area (TPSA) is 53.7 Å². The van der Waals surface area contributed by atoms with Gasteiger partial charge in [-0.2, -0.15) is 0 Å². The fraction of sp³-hybridized carbons (Fsp3) is 0.600. The van der Waals surface area contributed by atoms with Gasteiger partial charge in [-0.25, -0.2) is 0 Å². The molecule has 2 rings (SSSR count). The van der Waals surface area contributed by atoms with Gasteiger partial charge < -0.3 is 19.9 Å². The third kappa shape index (κ3) is 4.82. The summed E-state index contributed by atoms with van der Waals surface area (Å²) in [6.45, 7) is 3.57. The van der Waals surface area contributed by atoms with Crippen LogP contribution in [-0.2, 0) is 16.0 Å². The van der Waals surface area contributed by atoms with E-state index in [0.717, 1.165) is 50.4 Å². The molecule has 1 aromatic carbocycles. The monoisotopic (exact) mass is 265 g/mol. The van der Waals surface area contributed by atoms with Crippen LogP contribution < -0.4 is 10.5 Å². The van der Waals surface area contributed by atoms with Gasteiger partial charge in [-0.05, 0) is 18.9 Å². The fourth-order valence-corrected chi connectivity index (χ4v) is 2.15. The minimum absolute atomic E-state index is 0.366. The van der Waals surface area contributed by atoms with E-state index in [0.29, 0.717) is 19.3 Å². The first kappa shape index (κ1) is 14.3. The van der Waals surface area contributed by atoms with Crippen molar-refractivity contribution in [1.82, 2.24) is 0 Å². The lowest BCUT2D eigenvalue weighted by Crippen LogP contribution is -2.24. The SMILES string of the molecule is NCc1ccccc1OCCCOC1CCOCC1. The van der Waals surface area contributed by atoms with E-state index in [-0.39, 0.29) is 0 Å². The number of hydrogen-bond acceptors (Lipinski definition) is 4. The Balaban J connectivity index is 1.61. The van der Waals surface area contributed by atoms with E-state index in [1.807, 2.05) is 24.3 Å². The van der Waals surface area contributed by atoms with Crippen LogP contribution in [0.5, 0.6) is 5.75 Å². The van der Waals surface area contributed by atoms with E-state index >= 15 is 0 Å². The zero-order valence-corrected chi connectivity index (χ0v) is 11.3. The van der Waals surface area contributed by atoms with Gasteiger partial charge in [-0.15, -0.1) is 0 Å². The van der Waals surface area contributed by atoms with Gasteiger partial charge in [-0.1, -0.05) is 18.2 Å². The van der Waals surface area contributed by atoms with Crippen LogP contribution >= 0.6 is 0 Å². The highest BCUT2D eigenvalue weighted by Crippen LogP contribution is 2.17. The van der Waals surface area contributed by atoms with Gasteiger partial charge in [0.05, 0.1) is 19.3 Å². The maximum absolute atomic E-state index is 5.79. The Labute approximate surface area is 114 Å². The van der Waals surface area contributed by atoms with Crippen molar-refractivity contribution in [3.63, 3.8) is 0 Å². The maximum atomic E-state index is 5.79. The summed E-state index contributed by atoms with van der Waals surface area (Å²) in [6, 6.07) is 7.89. The van der Waals surface area contributed by atoms with Crippen LogP contribution in [0.4, 0.5) is 0 Å². The van der Waals surface area contributed by atoms with Crippen molar-refractivity contribution in [3.05, 3.63) is 29.8 Å². The summed E-state index contributed by atoms with van der Waals surface area (Å²) in [5.74, 6) is 0.885. The molecule has 0 spiro atoms. The summed E-state index contributed by atoms with van der Waals surface area (Å²) in [5, 5.41) is 0. The van der Waals surface area contributed by atoms with Crippen LogP contribution in [0.1, 0.15) is 24.8 Å². The van der Waals surface area contributed by atoms with Gasteiger partial charge in [0.25, 0.3) is 0 Å². The average Bonchev–Trinajstić information content (AvgIpc) is 2.48. The third-order valence-electron chi connectivity index (χ3n) is 3.26. The Morgan fingerprint density at radius 2 is 1.95 bits per heavy atom. The number of para-hydroxylation sites is 1. The molecule has 19 heavy (non-hydrogen) atoms. The van der Waals surface area contributed by atoms with Crippen LogP contribution in [-0.4, -0.2) is 32.5 Å². The quantitative estimate of drug-likeness (QED) is 0.767. The van der Waals surface area contributed by atoms with Gasteiger partial charge in [0.2, 0.25) is 0 Å². The molecule has 0 aromatic heterocycles. The van der Waals surface area contributed by atoms with E-state index in [4.69, 9.17) is 19.9 Å². The number of hydrogen-bond donors (Lipinski definition) is 1. The highest BCUT2D eigenvalue weighted by atomic mass is 16.5. The van der Waals surface area contributed by atoms with Crippen molar-refractivity contribution in [1.29, 1.82) is 0 Å². The summed E-state index contributed by atoms with van der Waals surface area (Å²) < 4.78 is 16.8. The van der Waals surface area contributed by atoms with E-state index < -0.39 is 0 Å². The highest BCUT2D eigenvalue weighted by Gasteiger charge is 2.13. The third-order valence-corrected chi connectivity index (χ3v) is 3.26. The molecular formula is C15H23NO3. The summed E-state index contributed by atoms with van der Waals surface area (Å²) in [5.41, 5.74) is 6.71. The molecule has 2 N–H and O–H groups in total. The lowest BCUT2D eigenvalue weighted by atomic mass is 10.1. The van der Waals surface area contributed by atoms with Crippen LogP contribution in [0.25, 0.3) is 0 Å². The number of rotatable bonds is 7. The highest BCUT2D eigenvalue weighted by molar-refractivity contribution is 5.32. The minimum atomic E-state index is 0.366. The van der Waals surface area contributed by atoms with Gasteiger partial charge in [0.1, 0.15) is 5.75 Å². The lowest BCUT2D eigenvalue weighted by Gasteiger charge is -2.22. The molecule has 1 heterocycles. The lowest BCUT2D eigenvalue weighted by molar-refractivity contribution is -0.0341. The van der Waals surface area contributed by atoms with E-state index in [9.17, 15) is 0 Å². The number of nitrogens with two attached hydrogens (primary N) is 1. The van der Waals surface area contributed by atoms with Crippen molar-refractivity contribution < 1.29 is 14.2 Å². The molecule has 1 aromatic rings. The minimum Gasteiger partial charge on any atom is -0.493 e. The largest absolute Gasteiger partial charge is 0.493 e. The first-order chi connectivity index (χ1) is 9.40. The Bertz CT molecular complexity index is 364. The predicted molar refractivity (Wildman–Crippen MR) is 74.2 cm³/mol. The Morgan fingerprint density at radius 3 is 2.74 bits per heavy atom. The molecule has 0 amide bonds. The fourth-order valence-electron chi connectivity index (χ4n) is 2.15. The Hall–Kier alpha value is -1.10. The molecule has 4 heteroatoms. The molecular weight excluding hydrogens is 242 g/mol. The van der Waals surface area contributed by atoms with Gasteiger partial charge >= 0.3 is 0 Å². The molecule has 4 nitrogen and oxygen atoms in total. The molecule has 1 fully saturated rings. The summed E-state index contributed by atoms with van der Waals surface area (Å²) in [7, 11) is 0. The van der Waals surface area contributed by atoms with Crippen LogP contribution in [0.3, 0.4) is 0 Å². The van der Waals surface area contributed by atoms with E-state index in [1.54, 1.807) is 0 Å². The van der Waals surface area contributed by atoms with Crippen molar-refractivity contribution in [3.8, 4) is 5.75 Å². The number of benzene rings is 1. The van der Waals surface area contributed by atoms with Gasteiger partial charge in [-0.3, -0.25) is 0 Å². The van der Waals surface area contributed by atoms with E-state index in [1.165, 1.54) is 0 Å². The molecule has 106 valence electrons. The van der Waals surface area contributed by atoms with Crippen LogP contribution in [0.2, 0.25) is 0 Å². The molecule has 0 atom stereocenters. The van der Waals surface area contributed by atoms with Crippen molar-refractivity contribution in [2.45, 2.75) is 31.9 Å².